The minimum Gasteiger partial charge on any atom is -0.477 e. The molecule has 0 aliphatic heterocycles. The zero-order valence-corrected chi connectivity index (χ0v) is 7.56. The predicted molar refractivity (Wildman–Crippen MR) is 43.9 cm³/mol. The van der Waals surface area contributed by atoms with E-state index in [1.807, 2.05) is 0 Å². The second kappa shape index (κ2) is 3.19. The second-order valence-corrected chi connectivity index (χ2v) is 3.05. The third-order valence-electron chi connectivity index (χ3n) is 1.03. The third kappa shape index (κ3) is 1.91. The highest BCUT2D eigenvalue weighted by molar-refractivity contribution is 9.10. The highest BCUT2D eigenvalue weighted by Gasteiger charge is 2.06. The van der Waals surface area contributed by atoms with Crippen molar-refractivity contribution in [3.63, 3.8) is 0 Å². The lowest BCUT2D eigenvalue weighted by Crippen LogP contribution is -1.99. The van der Waals surface area contributed by atoms with Crippen molar-refractivity contribution in [3.05, 3.63) is 27.5 Å². The van der Waals surface area contributed by atoms with E-state index in [1.165, 1.54) is 12.3 Å². The number of pyridine rings is 1. The van der Waals surface area contributed by atoms with Gasteiger partial charge >= 0.3 is 5.97 Å². The number of rotatable bonds is 1. The quantitative estimate of drug-likeness (QED) is 0.813. The van der Waals surface area contributed by atoms with Gasteiger partial charge in [-0.1, -0.05) is 11.6 Å². The standard InChI is InChI=1S/C6H3BrClNO2/c7-3-1-5(6(10)11)9-2-4(3)8/h1-2H,(H,10,11). The summed E-state index contributed by atoms with van der Waals surface area (Å²) in [6.45, 7) is 0. The summed E-state index contributed by atoms with van der Waals surface area (Å²) >= 11 is 8.66. The molecule has 0 unspecified atom stereocenters. The first kappa shape index (κ1) is 8.49. The Labute approximate surface area is 76.1 Å². The molecule has 0 saturated carbocycles. The fourth-order valence-electron chi connectivity index (χ4n) is 0.531. The average molecular weight is 236 g/mol. The number of halogens is 2. The van der Waals surface area contributed by atoms with Crippen LogP contribution in [0.4, 0.5) is 0 Å². The molecule has 1 aromatic heterocycles. The minimum atomic E-state index is -1.07. The van der Waals surface area contributed by atoms with Crippen molar-refractivity contribution >= 4 is 33.5 Å². The molecule has 5 heteroatoms. The molecule has 0 aliphatic carbocycles. The Morgan fingerprint density at radius 3 is 2.82 bits per heavy atom. The first-order valence-electron chi connectivity index (χ1n) is 2.65. The first-order valence-corrected chi connectivity index (χ1v) is 3.82. The maximum atomic E-state index is 10.3. The Morgan fingerprint density at radius 2 is 2.36 bits per heavy atom. The average Bonchev–Trinajstić information content (AvgIpc) is 1.94. The van der Waals surface area contributed by atoms with Crippen molar-refractivity contribution in [2.75, 3.05) is 0 Å². The maximum Gasteiger partial charge on any atom is 0.354 e. The van der Waals surface area contributed by atoms with Crippen LogP contribution in [0.25, 0.3) is 0 Å². The number of carbonyl (C=O) groups is 1. The van der Waals surface area contributed by atoms with Gasteiger partial charge in [0.1, 0.15) is 5.69 Å². The summed E-state index contributed by atoms with van der Waals surface area (Å²) in [5, 5.41) is 8.87. The summed E-state index contributed by atoms with van der Waals surface area (Å²) in [6, 6.07) is 1.35. The molecule has 0 aromatic carbocycles. The monoisotopic (exact) mass is 235 g/mol. The maximum absolute atomic E-state index is 10.3. The van der Waals surface area contributed by atoms with Crippen LogP contribution in [0.2, 0.25) is 5.02 Å². The molecule has 0 atom stereocenters. The molecule has 1 N–H and O–H groups in total. The molecule has 0 amide bonds. The van der Waals surface area contributed by atoms with Gasteiger partial charge in [-0.15, -0.1) is 0 Å². The summed E-state index contributed by atoms with van der Waals surface area (Å²) in [5.41, 5.74) is -0.0266. The SMILES string of the molecule is O=C(O)c1cc(Br)c(Cl)cn1. The smallest absolute Gasteiger partial charge is 0.354 e. The highest BCUT2D eigenvalue weighted by atomic mass is 79.9. The number of carboxylic acid groups (broad SMARTS) is 1. The molecule has 1 rings (SSSR count). The first-order chi connectivity index (χ1) is 5.11. The molecule has 0 saturated heterocycles. The lowest BCUT2D eigenvalue weighted by Gasteiger charge is -1.95. The Morgan fingerprint density at radius 1 is 1.73 bits per heavy atom. The minimum absolute atomic E-state index is 0.0266. The zero-order valence-electron chi connectivity index (χ0n) is 5.21. The molecule has 0 radical (unpaired) electrons. The summed E-state index contributed by atoms with van der Waals surface area (Å²) in [4.78, 5) is 13.9. The van der Waals surface area contributed by atoms with E-state index in [0.29, 0.717) is 9.50 Å². The van der Waals surface area contributed by atoms with Crippen molar-refractivity contribution in [1.82, 2.24) is 4.98 Å². The summed E-state index contributed by atoms with van der Waals surface area (Å²) in [7, 11) is 0. The predicted octanol–water partition coefficient (Wildman–Crippen LogP) is 2.20. The van der Waals surface area contributed by atoms with Crippen LogP contribution in [0.5, 0.6) is 0 Å². The fourth-order valence-corrected chi connectivity index (χ4v) is 0.954. The number of hydrogen-bond acceptors (Lipinski definition) is 2. The van der Waals surface area contributed by atoms with E-state index in [1.54, 1.807) is 0 Å². The van der Waals surface area contributed by atoms with Crippen LogP contribution in [0.1, 0.15) is 10.5 Å². The van der Waals surface area contributed by atoms with Crippen molar-refractivity contribution < 1.29 is 9.90 Å². The van der Waals surface area contributed by atoms with Crippen molar-refractivity contribution in [2.24, 2.45) is 0 Å². The van der Waals surface area contributed by atoms with Crippen LogP contribution in [-0.2, 0) is 0 Å². The van der Waals surface area contributed by atoms with E-state index in [-0.39, 0.29) is 5.69 Å². The van der Waals surface area contributed by atoms with Crippen LogP contribution >= 0.6 is 27.5 Å². The van der Waals surface area contributed by atoms with Gasteiger partial charge in [0.05, 0.1) is 5.02 Å². The van der Waals surface area contributed by atoms with Crippen LogP contribution < -0.4 is 0 Å². The number of aromatic nitrogens is 1. The summed E-state index contributed by atoms with van der Waals surface area (Å²) in [5.74, 6) is -1.07. The van der Waals surface area contributed by atoms with Gasteiger partial charge in [0.2, 0.25) is 0 Å². The van der Waals surface area contributed by atoms with E-state index in [0.717, 1.165) is 0 Å². The lowest BCUT2D eigenvalue weighted by atomic mass is 10.4. The van der Waals surface area contributed by atoms with Gasteiger partial charge in [-0.05, 0) is 22.0 Å². The molecule has 0 fully saturated rings. The van der Waals surface area contributed by atoms with E-state index in [9.17, 15) is 4.79 Å². The second-order valence-electron chi connectivity index (χ2n) is 1.79. The molecule has 1 aromatic rings. The lowest BCUT2D eigenvalue weighted by molar-refractivity contribution is 0.0690. The number of carboxylic acids is 1. The molecular weight excluding hydrogens is 233 g/mol. The largest absolute Gasteiger partial charge is 0.477 e. The van der Waals surface area contributed by atoms with E-state index >= 15 is 0 Å². The van der Waals surface area contributed by atoms with Gasteiger partial charge in [-0.2, -0.15) is 0 Å². The van der Waals surface area contributed by atoms with Crippen molar-refractivity contribution in [2.45, 2.75) is 0 Å². The van der Waals surface area contributed by atoms with Gasteiger partial charge in [-0.3, -0.25) is 0 Å². The van der Waals surface area contributed by atoms with Crippen LogP contribution in [0.15, 0.2) is 16.7 Å². The molecule has 11 heavy (non-hydrogen) atoms. The normalized spacial score (nSPS) is 9.64. The van der Waals surface area contributed by atoms with Gasteiger partial charge in [0, 0.05) is 10.7 Å². The Bertz CT molecular complexity index is 303. The Kier molecular flexibility index (Phi) is 2.46. The summed E-state index contributed by atoms with van der Waals surface area (Å²) < 4.78 is 0.534. The van der Waals surface area contributed by atoms with E-state index < -0.39 is 5.97 Å². The molecule has 0 spiro atoms. The molecule has 0 bridgehead atoms. The number of aromatic carboxylic acids is 1. The molecule has 3 nitrogen and oxygen atoms in total. The highest BCUT2D eigenvalue weighted by Crippen LogP contribution is 2.21. The van der Waals surface area contributed by atoms with Crippen LogP contribution in [0.3, 0.4) is 0 Å². The van der Waals surface area contributed by atoms with Crippen molar-refractivity contribution in [3.8, 4) is 0 Å². The number of nitrogens with zero attached hydrogens (tertiary/aromatic N) is 1. The fraction of sp³-hybridized carbons (Fsp3) is 0. The van der Waals surface area contributed by atoms with Gasteiger partial charge in [0.15, 0.2) is 0 Å². The number of hydrogen-bond donors (Lipinski definition) is 1. The van der Waals surface area contributed by atoms with Gasteiger partial charge in [-0.25, -0.2) is 9.78 Å². The third-order valence-corrected chi connectivity index (χ3v) is 2.21. The van der Waals surface area contributed by atoms with Gasteiger partial charge in [0.25, 0.3) is 0 Å². The molecule has 0 aliphatic rings. The summed E-state index contributed by atoms with van der Waals surface area (Å²) in [6.07, 6.45) is 1.29. The Hall–Kier alpha value is -0.610. The van der Waals surface area contributed by atoms with E-state index in [4.69, 9.17) is 16.7 Å². The van der Waals surface area contributed by atoms with Crippen LogP contribution in [0, 0.1) is 0 Å². The topological polar surface area (TPSA) is 50.2 Å². The Balaban J connectivity index is 3.15. The van der Waals surface area contributed by atoms with E-state index in [2.05, 4.69) is 20.9 Å². The molecular formula is C6H3BrClNO2. The molecule has 1 heterocycles. The van der Waals surface area contributed by atoms with Crippen LogP contribution in [-0.4, -0.2) is 16.1 Å². The zero-order chi connectivity index (χ0) is 8.43. The van der Waals surface area contributed by atoms with Gasteiger partial charge < -0.3 is 5.11 Å². The molecule has 58 valence electrons. The van der Waals surface area contributed by atoms with Crippen molar-refractivity contribution in [1.29, 1.82) is 0 Å².